The maximum atomic E-state index is 12.2. The zero-order valence-corrected chi connectivity index (χ0v) is 15.3. The topological polar surface area (TPSA) is 127 Å². The Morgan fingerprint density at radius 2 is 1.11 bits per heavy atom. The predicted octanol–water partition coefficient (Wildman–Crippen LogP) is 1.71. The summed E-state index contributed by atoms with van der Waals surface area (Å²) in [7, 11) is 0. The molecule has 0 aromatic heterocycles. The van der Waals surface area contributed by atoms with Gasteiger partial charge >= 0.3 is 23.9 Å². The first-order chi connectivity index (χ1) is 13.3. The maximum Gasteiger partial charge on any atom is 0.346 e. The number of esters is 4. The number of ether oxygens (including phenoxy) is 2. The van der Waals surface area contributed by atoms with Crippen molar-refractivity contribution in [3.63, 3.8) is 0 Å². The van der Waals surface area contributed by atoms with E-state index in [0.717, 1.165) is 0 Å². The van der Waals surface area contributed by atoms with Crippen molar-refractivity contribution in [2.24, 2.45) is 0 Å². The number of benzene rings is 1. The van der Waals surface area contributed by atoms with Crippen LogP contribution in [0.4, 0.5) is 0 Å². The summed E-state index contributed by atoms with van der Waals surface area (Å²) in [5.74, 6) is -4.16. The predicted molar refractivity (Wildman–Crippen MR) is 98.2 cm³/mol. The van der Waals surface area contributed by atoms with Crippen molar-refractivity contribution in [2.75, 3.05) is 13.2 Å². The SMILES string of the molecule is C=C(CCCO)C(=O)OC(=O)c1ccccc1C(=O)OC(=O)C(=C)CCCO. The minimum atomic E-state index is -1.10. The van der Waals surface area contributed by atoms with Crippen LogP contribution in [0.25, 0.3) is 0 Å². The van der Waals surface area contributed by atoms with Crippen molar-refractivity contribution in [1.82, 2.24) is 0 Å². The molecule has 1 aromatic rings. The second-order valence-corrected chi connectivity index (χ2v) is 5.76. The van der Waals surface area contributed by atoms with Crippen LogP contribution in [0, 0.1) is 0 Å². The summed E-state index contributed by atoms with van der Waals surface area (Å²) in [6, 6.07) is 5.38. The van der Waals surface area contributed by atoms with Gasteiger partial charge in [-0.3, -0.25) is 0 Å². The fraction of sp³-hybridized carbons (Fsp3) is 0.300. The van der Waals surface area contributed by atoms with E-state index in [0.29, 0.717) is 0 Å². The Balaban J connectivity index is 2.86. The summed E-state index contributed by atoms with van der Waals surface area (Å²) in [6.07, 6.45) is 0.869. The third-order valence-electron chi connectivity index (χ3n) is 3.59. The number of hydrogen-bond acceptors (Lipinski definition) is 8. The monoisotopic (exact) mass is 390 g/mol. The van der Waals surface area contributed by atoms with Gasteiger partial charge in [0.1, 0.15) is 0 Å². The van der Waals surface area contributed by atoms with Crippen molar-refractivity contribution in [2.45, 2.75) is 25.7 Å². The molecule has 0 saturated carbocycles. The molecule has 0 aliphatic rings. The van der Waals surface area contributed by atoms with Crippen LogP contribution in [-0.4, -0.2) is 47.3 Å². The lowest BCUT2D eigenvalue weighted by Gasteiger charge is -2.09. The number of aliphatic hydroxyl groups is 2. The molecule has 150 valence electrons. The first kappa shape index (κ1) is 22.9. The first-order valence-electron chi connectivity index (χ1n) is 8.51. The van der Waals surface area contributed by atoms with Gasteiger partial charge < -0.3 is 19.7 Å². The average Bonchev–Trinajstić information content (AvgIpc) is 2.69. The molecule has 0 atom stereocenters. The summed E-state index contributed by atoms with van der Waals surface area (Å²) in [5, 5.41) is 17.5. The molecule has 0 unspecified atom stereocenters. The smallest absolute Gasteiger partial charge is 0.346 e. The normalized spacial score (nSPS) is 10.1. The van der Waals surface area contributed by atoms with E-state index in [1.807, 2.05) is 0 Å². The average molecular weight is 390 g/mol. The first-order valence-corrected chi connectivity index (χ1v) is 8.51. The van der Waals surface area contributed by atoms with Gasteiger partial charge in [0.05, 0.1) is 11.1 Å². The minimum absolute atomic E-state index is 0.00202. The lowest BCUT2D eigenvalue weighted by molar-refractivity contribution is -0.135. The molecular weight excluding hydrogens is 368 g/mol. The fourth-order valence-corrected chi connectivity index (χ4v) is 2.05. The largest absolute Gasteiger partial charge is 0.396 e. The van der Waals surface area contributed by atoms with Gasteiger partial charge in [-0.15, -0.1) is 0 Å². The molecular formula is C20H22O8. The molecule has 0 radical (unpaired) electrons. The molecule has 1 rings (SSSR count). The van der Waals surface area contributed by atoms with E-state index in [1.165, 1.54) is 24.3 Å². The molecule has 0 amide bonds. The third-order valence-corrected chi connectivity index (χ3v) is 3.59. The molecule has 28 heavy (non-hydrogen) atoms. The highest BCUT2D eigenvalue weighted by atomic mass is 16.6. The van der Waals surface area contributed by atoms with Crippen LogP contribution in [0.2, 0.25) is 0 Å². The van der Waals surface area contributed by atoms with Crippen LogP contribution < -0.4 is 0 Å². The molecule has 0 heterocycles. The molecule has 8 nitrogen and oxygen atoms in total. The Labute approximate surface area is 162 Å². The number of hydrogen-bond donors (Lipinski definition) is 2. The summed E-state index contributed by atoms with van der Waals surface area (Å²) in [5.41, 5.74) is -0.523. The van der Waals surface area contributed by atoms with Gasteiger partial charge in [-0.05, 0) is 37.8 Å². The Kier molecular flexibility index (Phi) is 9.49. The highest BCUT2D eigenvalue weighted by Crippen LogP contribution is 2.15. The zero-order chi connectivity index (χ0) is 21.1. The van der Waals surface area contributed by atoms with Gasteiger partial charge in [0.25, 0.3) is 0 Å². The summed E-state index contributed by atoms with van der Waals surface area (Å²) in [4.78, 5) is 48.2. The Morgan fingerprint density at radius 1 is 0.750 bits per heavy atom. The van der Waals surface area contributed by atoms with E-state index in [2.05, 4.69) is 13.2 Å². The lowest BCUT2D eigenvalue weighted by atomic mass is 10.1. The van der Waals surface area contributed by atoms with Crippen molar-refractivity contribution in [1.29, 1.82) is 0 Å². The van der Waals surface area contributed by atoms with Crippen molar-refractivity contribution in [3.05, 3.63) is 59.7 Å². The van der Waals surface area contributed by atoms with Gasteiger partial charge in [-0.2, -0.15) is 0 Å². The van der Waals surface area contributed by atoms with Gasteiger partial charge in [-0.25, -0.2) is 19.2 Å². The van der Waals surface area contributed by atoms with Crippen molar-refractivity contribution in [3.8, 4) is 0 Å². The van der Waals surface area contributed by atoms with Crippen LogP contribution in [0.1, 0.15) is 46.4 Å². The lowest BCUT2D eigenvalue weighted by Crippen LogP contribution is -2.20. The van der Waals surface area contributed by atoms with Crippen molar-refractivity contribution >= 4 is 23.9 Å². The zero-order valence-electron chi connectivity index (χ0n) is 15.3. The molecule has 0 spiro atoms. The standard InChI is InChI=1S/C20H22O8/c1-13(7-5-11-21)17(23)27-19(25)15-9-3-4-10-16(15)20(26)28-18(24)14(2)8-6-12-22/h3-4,9-10,21-22H,1-2,5-8,11-12H2. The summed E-state index contributed by atoms with van der Waals surface area (Å²) < 4.78 is 9.39. The highest BCUT2D eigenvalue weighted by Gasteiger charge is 2.24. The summed E-state index contributed by atoms with van der Waals surface area (Å²) >= 11 is 0. The van der Waals surface area contributed by atoms with Gasteiger partial charge in [-0.1, -0.05) is 25.3 Å². The Morgan fingerprint density at radius 3 is 1.43 bits per heavy atom. The van der Waals surface area contributed by atoms with E-state index in [4.69, 9.17) is 19.7 Å². The number of aliphatic hydroxyl groups excluding tert-OH is 2. The van der Waals surface area contributed by atoms with Crippen LogP contribution >= 0.6 is 0 Å². The molecule has 8 heteroatoms. The molecule has 0 saturated heterocycles. The molecule has 0 bridgehead atoms. The van der Waals surface area contributed by atoms with Crippen LogP contribution in [0.5, 0.6) is 0 Å². The molecule has 0 fully saturated rings. The van der Waals surface area contributed by atoms with Crippen molar-refractivity contribution < 1.29 is 38.9 Å². The Bertz CT molecular complexity index is 713. The van der Waals surface area contributed by atoms with E-state index >= 15 is 0 Å². The minimum Gasteiger partial charge on any atom is -0.396 e. The van der Waals surface area contributed by atoms with Crippen LogP contribution in [0.15, 0.2) is 48.6 Å². The molecule has 2 N–H and O–H groups in total. The second kappa shape index (κ2) is 11.6. The van der Waals surface area contributed by atoms with E-state index in [1.54, 1.807) is 0 Å². The van der Waals surface area contributed by atoms with Gasteiger partial charge in [0.15, 0.2) is 0 Å². The third kappa shape index (κ3) is 6.90. The fourth-order valence-electron chi connectivity index (χ4n) is 2.05. The molecule has 1 aromatic carbocycles. The number of carbonyl (C=O) groups is 4. The van der Waals surface area contributed by atoms with E-state index in [9.17, 15) is 19.2 Å². The Hall–Kier alpha value is -3.10. The van der Waals surface area contributed by atoms with Gasteiger partial charge in [0, 0.05) is 24.4 Å². The van der Waals surface area contributed by atoms with Gasteiger partial charge in [0.2, 0.25) is 0 Å². The molecule has 0 aliphatic heterocycles. The van der Waals surface area contributed by atoms with Crippen LogP contribution in [0.3, 0.4) is 0 Å². The van der Waals surface area contributed by atoms with Crippen LogP contribution in [-0.2, 0) is 19.1 Å². The number of carbonyl (C=O) groups excluding carboxylic acids is 4. The molecule has 0 aliphatic carbocycles. The highest BCUT2D eigenvalue weighted by molar-refractivity contribution is 6.10. The van der Waals surface area contributed by atoms with E-state index in [-0.39, 0.29) is 61.2 Å². The summed E-state index contributed by atoms with van der Waals surface area (Å²) in [6.45, 7) is 6.66. The number of rotatable bonds is 10. The quantitative estimate of drug-likeness (QED) is 0.351. The van der Waals surface area contributed by atoms with E-state index < -0.39 is 23.9 Å². The maximum absolute atomic E-state index is 12.2. The second-order valence-electron chi connectivity index (χ2n) is 5.76.